The Morgan fingerprint density at radius 3 is 2.40 bits per heavy atom. The molecule has 0 radical (unpaired) electrons. The fraction of sp³-hybridized carbons (Fsp3) is 0.250. The summed E-state index contributed by atoms with van der Waals surface area (Å²) < 4.78 is 0. The maximum atomic E-state index is 12.8. The van der Waals surface area contributed by atoms with E-state index in [4.69, 9.17) is 0 Å². The molecule has 1 fully saturated rings. The summed E-state index contributed by atoms with van der Waals surface area (Å²) in [5, 5.41) is 2.21. The highest BCUT2D eigenvalue weighted by molar-refractivity contribution is 6.35. The Kier molecular flexibility index (Phi) is 4.03. The quantitative estimate of drug-likeness (QED) is 0.876. The average molecular weight is 334 g/mol. The van der Waals surface area contributed by atoms with E-state index in [-0.39, 0.29) is 5.91 Å². The fourth-order valence-corrected chi connectivity index (χ4v) is 3.41. The van der Waals surface area contributed by atoms with Gasteiger partial charge in [-0.05, 0) is 31.3 Å². The number of hydrogen-bond acceptors (Lipinski definition) is 4. The molecule has 0 spiro atoms. The lowest BCUT2D eigenvalue weighted by molar-refractivity contribution is -0.112. The van der Waals surface area contributed by atoms with Gasteiger partial charge in [-0.3, -0.25) is 9.69 Å². The van der Waals surface area contributed by atoms with E-state index < -0.39 is 0 Å². The van der Waals surface area contributed by atoms with Gasteiger partial charge < -0.3 is 10.3 Å². The summed E-state index contributed by atoms with van der Waals surface area (Å²) in [6.45, 7) is 8.01. The van der Waals surface area contributed by atoms with Gasteiger partial charge in [0, 0.05) is 43.0 Å². The van der Waals surface area contributed by atoms with E-state index in [1.165, 1.54) is 0 Å². The molecule has 1 N–H and O–H groups in total. The Bertz CT molecular complexity index is 810. The topological polar surface area (TPSA) is 38.8 Å². The van der Waals surface area contributed by atoms with Gasteiger partial charge in [0.15, 0.2) is 0 Å². The number of amides is 1. The van der Waals surface area contributed by atoms with Crippen LogP contribution in [-0.2, 0) is 4.79 Å². The summed E-state index contributed by atoms with van der Waals surface area (Å²) in [6, 6.07) is 15.7. The number of nitrogens with one attached hydrogen (secondary N) is 1. The van der Waals surface area contributed by atoms with Crippen molar-refractivity contribution in [2.24, 2.45) is 0 Å². The zero-order valence-electron chi connectivity index (χ0n) is 14.4. The van der Waals surface area contributed by atoms with Crippen LogP contribution < -0.4 is 10.3 Å². The molecular weight excluding hydrogens is 312 g/mol. The van der Waals surface area contributed by atoms with Crippen molar-refractivity contribution in [3.05, 3.63) is 60.7 Å². The molecular formula is C20H22N4O. The zero-order chi connectivity index (χ0) is 17.4. The van der Waals surface area contributed by atoms with E-state index in [0.29, 0.717) is 5.57 Å². The van der Waals surface area contributed by atoms with Crippen molar-refractivity contribution in [3.8, 4) is 0 Å². The predicted molar refractivity (Wildman–Crippen MR) is 102 cm³/mol. The smallest absolute Gasteiger partial charge is 0.263 e. The molecule has 0 atom stereocenters. The molecule has 5 nitrogen and oxygen atoms in total. The second-order valence-electron chi connectivity index (χ2n) is 6.56. The standard InChI is InChI=1S/C20H22N4O/c1-15-19-17(21-23-13-11-22(2)12-14-23)9-6-10-18(19)24(20(15)25)16-7-4-3-5-8-16/h3-10,21H,1,11-14H2,2H3. The number of nitrogens with zero attached hydrogens (tertiary/aromatic N) is 3. The van der Waals surface area contributed by atoms with E-state index >= 15 is 0 Å². The number of anilines is 3. The number of likely N-dealkylation sites (N-methyl/N-ethyl adjacent to an activating group) is 1. The number of hydrazine groups is 1. The van der Waals surface area contributed by atoms with Crippen LogP contribution in [0.25, 0.3) is 5.57 Å². The fourth-order valence-electron chi connectivity index (χ4n) is 3.41. The molecule has 2 aliphatic rings. The van der Waals surface area contributed by atoms with Crippen molar-refractivity contribution in [3.63, 3.8) is 0 Å². The summed E-state index contributed by atoms with van der Waals surface area (Å²) in [5.41, 5.74) is 7.63. The molecule has 2 aromatic rings. The number of benzene rings is 2. The van der Waals surface area contributed by atoms with Crippen molar-refractivity contribution in [1.29, 1.82) is 0 Å². The molecule has 25 heavy (non-hydrogen) atoms. The van der Waals surface area contributed by atoms with Gasteiger partial charge in [-0.2, -0.15) is 0 Å². The molecule has 2 aromatic carbocycles. The summed E-state index contributed by atoms with van der Waals surface area (Å²) >= 11 is 0. The molecule has 4 rings (SSSR count). The maximum Gasteiger partial charge on any atom is 0.263 e. The van der Waals surface area contributed by atoms with Crippen molar-refractivity contribution >= 4 is 28.5 Å². The lowest BCUT2D eigenvalue weighted by Crippen LogP contribution is -2.47. The first-order chi connectivity index (χ1) is 12.1. The van der Waals surface area contributed by atoms with E-state index in [2.05, 4.69) is 29.0 Å². The Balaban J connectivity index is 1.68. The monoisotopic (exact) mass is 334 g/mol. The van der Waals surface area contributed by atoms with Crippen LogP contribution in [0, 0.1) is 0 Å². The summed E-state index contributed by atoms with van der Waals surface area (Å²) in [4.78, 5) is 16.9. The lowest BCUT2D eigenvalue weighted by atomic mass is 10.1. The molecule has 0 aliphatic carbocycles. The van der Waals surface area contributed by atoms with Gasteiger partial charge in [0.2, 0.25) is 0 Å². The van der Waals surface area contributed by atoms with E-state index in [1.54, 1.807) is 4.90 Å². The van der Waals surface area contributed by atoms with Crippen LogP contribution >= 0.6 is 0 Å². The Morgan fingerprint density at radius 1 is 0.960 bits per heavy atom. The van der Waals surface area contributed by atoms with Crippen LogP contribution in [0.4, 0.5) is 17.1 Å². The first-order valence-corrected chi connectivity index (χ1v) is 8.57. The number of carbonyl (C=O) groups is 1. The van der Waals surface area contributed by atoms with Crippen LogP contribution in [0.2, 0.25) is 0 Å². The van der Waals surface area contributed by atoms with Crippen LogP contribution in [0.3, 0.4) is 0 Å². The van der Waals surface area contributed by atoms with Crippen molar-refractivity contribution in [1.82, 2.24) is 9.91 Å². The summed E-state index contributed by atoms with van der Waals surface area (Å²) in [7, 11) is 2.13. The number of fused-ring (bicyclic) bond motifs is 1. The lowest BCUT2D eigenvalue weighted by Gasteiger charge is -2.33. The summed E-state index contributed by atoms with van der Waals surface area (Å²) in [5.74, 6) is -0.0613. The van der Waals surface area contributed by atoms with E-state index in [9.17, 15) is 4.79 Å². The molecule has 0 bridgehead atoms. The molecule has 2 aliphatic heterocycles. The number of rotatable bonds is 3. The second-order valence-corrected chi connectivity index (χ2v) is 6.56. The number of hydrogen-bond donors (Lipinski definition) is 1. The molecule has 5 heteroatoms. The molecule has 0 unspecified atom stereocenters. The van der Waals surface area contributed by atoms with E-state index in [0.717, 1.165) is 48.8 Å². The number of piperazine rings is 1. The van der Waals surface area contributed by atoms with Crippen molar-refractivity contribution in [2.45, 2.75) is 0 Å². The normalized spacial score (nSPS) is 18.5. The van der Waals surface area contributed by atoms with Crippen LogP contribution in [0.5, 0.6) is 0 Å². The zero-order valence-corrected chi connectivity index (χ0v) is 14.4. The predicted octanol–water partition coefficient (Wildman–Crippen LogP) is 2.95. The second kappa shape index (κ2) is 6.35. The maximum absolute atomic E-state index is 12.8. The molecule has 1 saturated heterocycles. The molecule has 0 aromatic heterocycles. The van der Waals surface area contributed by atoms with Gasteiger partial charge in [0.05, 0.1) is 11.4 Å². The van der Waals surface area contributed by atoms with Gasteiger partial charge in [-0.1, -0.05) is 30.8 Å². The minimum Gasteiger partial charge on any atom is -0.318 e. The largest absolute Gasteiger partial charge is 0.318 e. The van der Waals surface area contributed by atoms with Gasteiger partial charge in [-0.25, -0.2) is 5.01 Å². The average Bonchev–Trinajstić information content (AvgIpc) is 2.89. The minimum absolute atomic E-state index is 0.0613. The first-order valence-electron chi connectivity index (χ1n) is 8.57. The van der Waals surface area contributed by atoms with Gasteiger partial charge in [0.25, 0.3) is 5.91 Å². The minimum atomic E-state index is -0.0613. The van der Waals surface area contributed by atoms with Crippen LogP contribution in [0.1, 0.15) is 5.56 Å². The third-order valence-electron chi connectivity index (χ3n) is 4.84. The Morgan fingerprint density at radius 2 is 1.68 bits per heavy atom. The number of carbonyl (C=O) groups excluding carboxylic acids is 1. The molecule has 2 heterocycles. The number of para-hydroxylation sites is 1. The van der Waals surface area contributed by atoms with Gasteiger partial charge in [0.1, 0.15) is 0 Å². The van der Waals surface area contributed by atoms with Gasteiger partial charge >= 0.3 is 0 Å². The molecule has 128 valence electrons. The third kappa shape index (κ3) is 2.81. The molecule has 0 saturated carbocycles. The van der Waals surface area contributed by atoms with Crippen molar-refractivity contribution < 1.29 is 4.79 Å². The van der Waals surface area contributed by atoms with Crippen molar-refractivity contribution in [2.75, 3.05) is 43.6 Å². The van der Waals surface area contributed by atoms with Gasteiger partial charge in [-0.15, -0.1) is 0 Å². The first kappa shape index (κ1) is 15.9. The van der Waals surface area contributed by atoms with Crippen LogP contribution in [-0.4, -0.2) is 49.0 Å². The Labute approximate surface area is 148 Å². The highest BCUT2D eigenvalue weighted by atomic mass is 16.2. The SMILES string of the molecule is C=C1C(=O)N(c2ccccc2)c2cccc(NN3CCN(C)CC3)c21. The van der Waals surface area contributed by atoms with E-state index in [1.807, 2.05) is 48.5 Å². The van der Waals surface area contributed by atoms with Crippen LogP contribution in [0.15, 0.2) is 55.1 Å². The Hall–Kier alpha value is -2.63. The summed E-state index contributed by atoms with van der Waals surface area (Å²) in [6.07, 6.45) is 0. The highest BCUT2D eigenvalue weighted by Crippen LogP contribution is 2.44. The third-order valence-corrected chi connectivity index (χ3v) is 4.84. The molecule has 1 amide bonds. The highest BCUT2D eigenvalue weighted by Gasteiger charge is 2.34.